The van der Waals surface area contributed by atoms with E-state index in [1.165, 1.54) is 4.90 Å². The molecule has 4 rings (SSSR count). The second-order valence-electron chi connectivity index (χ2n) is 11.3. The molecule has 1 aromatic rings. The first-order valence-corrected chi connectivity index (χ1v) is 15.3. The summed E-state index contributed by atoms with van der Waals surface area (Å²) < 4.78 is 12.5. The molecule has 7 atom stereocenters. The summed E-state index contributed by atoms with van der Waals surface area (Å²) in [6, 6.07) is 7.88. The van der Waals surface area contributed by atoms with E-state index < -0.39 is 47.6 Å². The van der Waals surface area contributed by atoms with Gasteiger partial charge in [-0.15, -0.1) is 13.2 Å². The van der Waals surface area contributed by atoms with Crippen LogP contribution < -0.4 is 5.32 Å². The van der Waals surface area contributed by atoms with E-state index in [1.54, 1.807) is 29.2 Å². The number of aliphatic hydroxyl groups is 1. The van der Waals surface area contributed by atoms with Crippen LogP contribution in [0.5, 0.6) is 0 Å². The fraction of sp³-hybridized carbons (Fsp3) is 0.548. The van der Waals surface area contributed by atoms with Crippen molar-refractivity contribution in [1.29, 1.82) is 0 Å². The van der Waals surface area contributed by atoms with Gasteiger partial charge in [0.05, 0.1) is 31.1 Å². The minimum atomic E-state index is -1.26. The number of carbonyl (C=O) groups excluding carboxylic acids is 4. The summed E-state index contributed by atoms with van der Waals surface area (Å²) in [5, 5.41) is 12.7. The molecule has 3 saturated heterocycles. The monoisotopic (exact) mass is 645 g/mol. The Morgan fingerprint density at radius 3 is 2.60 bits per heavy atom. The zero-order chi connectivity index (χ0) is 30.6. The van der Waals surface area contributed by atoms with Crippen LogP contribution in [0.4, 0.5) is 0 Å². The molecule has 0 aliphatic carbocycles. The van der Waals surface area contributed by atoms with Crippen LogP contribution in [0.15, 0.2) is 55.6 Å². The summed E-state index contributed by atoms with van der Waals surface area (Å²) >= 11 is 3.65. The summed E-state index contributed by atoms with van der Waals surface area (Å²) in [5.41, 5.74) is -0.574. The molecule has 3 aliphatic heterocycles. The molecule has 228 valence electrons. The Hall–Kier alpha value is -3.02. The largest absolute Gasteiger partial charge is 0.455 e. The highest BCUT2D eigenvalue weighted by Gasteiger charge is 2.77. The maximum atomic E-state index is 14.0. The normalized spacial score (nSPS) is 28.4. The van der Waals surface area contributed by atoms with Gasteiger partial charge >= 0.3 is 5.97 Å². The van der Waals surface area contributed by atoms with Crippen LogP contribution >= 0.6 is 15.9 Å². The number of nitrogens with zero attached hydrogens (tertiary/aromatic N) is 2. The molecule has 10 nitrogen and oxygen atoms in total. The number of amides is 3. The number of alkyl halides is 1. The molecule has 2 N–H and O–H groups in total. The van der Waals surface area contributed by atoms with Crippen LogP contribution in [-0.2, 0) is 28.7 Å². The Kier molecular flexibility index (Phi) is 10.3. The number of fused-ring (bicyclic) bond motifs is 1. The highest BCUT2D eigenvalue weighted by atomic mass is 79.9. The fourth-order valence-electron chi connectivity index (χ4n) is 6.52. The minimum Gasteiger partial charge on any atom is -0.455 e. The van der Waals surface area contributed by atoms with Crippen LogP contribution in [-0.4, -0.2) is 93.5 Å². The first-order chi connectivity index (χ1) is 20.1. The molecular formula is C31H40BrN3O7. The highest BCUT2D eigenvalue weighted by molar-refractivity contribution is 9.09. The third-order valence-corrected chi connectivity index (χ3v) is 9.20. The van der Waals surface area contributed by atoms with Crippen LogP contribution in [0.25, 0.3) is 0 Å². The number of benzene rings is 1. The van der Waals surface area contributed by atoms with Crippen molar-refractivity contribution in [3.8, 4) is 0 Å². The fourth-order valence-corrected chi connectivity index (χ4v) is 7.46. The molecule has 1 spiro atoms. The lowest BCUT2D eigenvalue weighted by Gasteiger charge is -2.38. The van der Waals surface area contributed by atoms with E-state index in [4.69, 9.17) is 9.47 Å². The average molecular weight is 647 g/mol. The van der Waals surface area contributed by atoms with Gasteiger partial charge in [0.2, 0.25) is 17.7 Å². The van der Waals surface area contributed by atoms with Crippen LogP contribution in [0.2, 0.25) is 0 Å². The molecular weight excluding hydrogens is 606 g/mol. The van der Waals surface area contributed by atoms with Gasteiger partial charge in [-0.3, -0.25) is 19.2 Å². The number of likely N-dealkylation sites (tertiary alicyclic amines) is 1. The van der Waals surface area contributed by atoms with Crippen molar-refractivity contribution in [3.63, 3.8) is 0 Å². The van der Waals surface area contributed by atoms with Crippen molar-refractivity contribution in [2.75, 3.05) is 26.2 Å². The molecule has 3 aliphatic rings. The van der Waals surface area contributed by atoms with Crippen molar-refractivity contribution in [2.45, 2.75) is 67.8 Å². The molecule has 1 unspecified atom stereocenters. The van der Waals surface area contributed by atoms with E-state index >= 15 is 0 Å². The summed E-state index contributed by atoms with van der Waals surface area (Å²) in [6.07, 6.45) is 2.91. The van der Waals surface area contributed by atoms with Gasteiger partial charge in [0.1, 0.15) is 17.7 Å². The van der Waals surface area contributed by atoms with Crippen molar-refractivity contribution >= 4 is 39.6 Å². The maximum Gasteiger partial charge on any atom is 0.313 e. The molecule has 42 heavy (non-hydrogen) atoms. The molecule has 3 amide bonds. The van der Waals surface area contributed by atoms with E-state index in [1.807, 2.05) is 32.0 Å². The van der Waals surface area contributed by atoms with Gasteiger partial charge < -0.3 is 29.7 Å². The summed E-state index contributed by atoms with van der Waals surface area (Å²) in [4.78, 5) is 57.0. The molecule has 0 aromatic heterocycles. The maximum absolute atomic E-state index is 14.0. The molecule has 11 heteroatoms. The molecule has 3 fully saturated rings. The number of halogens is 1. The van der Waals surface area contributed by atoms with Crippen LogP contribution in [0.3, 0.4) is 0 Å². The second kappa shape index (κ2) is 13.5. The zero-order valence-corrected chi connectivity index (χ0v) is 25.7. The topological polar surface area (TPSA) is 125 Å². The van der Waals surface area contributed by atoms with Gasteiger partial charge in [0, 0.05) is 30.4 Å². The number of ether oxygens (including phenoxy) is 2. The van der Waals surface area contributed by atoms with Crippen molar-refractivity contribution < 1.29 is 33.8 Å². The number of nitrogens with one attached hydrogen (secondary N) is 1. The minimum absolute atomic E-state index is 0.0497. The number of rotatable bonds is 14. The Balaban J connectivity index is 1.64. The number of hydrogen-bond acceptors (Lipinski definition) is 7. The predicted molar refractivity (Wildman–Crippen MR) is 159 cm³/mol. The number of carbonyl (C=O) groups is 4. The summed E-state index contributed by atoms with van der Waals surface area (Å²) in [7, 11) is 0. The number of aliphatic hydroxyl groups excluding tert-OH is 1. The standard InChI is InChI=1S/C31H40BrN3O7/c1-5-7-13-23(37)33-18-22(20-11-9-8-10-12-20)41-30(40)24-25-28(38)35(15-16-36)27(29(39)34(14-6-2)19(3)4)31(25)17-21(32)26(24)42-31/h5-6,8-12,19,21-22,24-27,36H,1-2,7,13-18H2,3-4H3,(H,33,37)/t21?,22-,24+,25-,26+,27+,31-/m1/s1. The summed E-state index contributed by atoms with van der Waals surface area (Å²) in [6.45, 7) is 11.1. The van der Waals surface area contributed by atoms with E-state index in [2.05, 4.69) is 34.4 Å². The lowest BCUT2D eigenvalue weighted by molar-refractivity contribution is -0.160. The zero-order valence-electron chi connectivity index (χ0n) is 24.1. The van der Waals surface area contributed by atoms with E-state index in [0.29, 0.717) is 18.4 Å². The Labute approximate surface area is 255 Å². The van der Waals surface area contributed by atoms with Gasteiger partial charge in [-0.2, -0.15) is 0 Å². The van der Waals surface area contributed by atoms with Gasteiger partial charge in [0.15, 0.2) is 0 Å². The van der Waals surface area contributed by atoms with E-state index in [0.717, 1.165) is 0 Å². The lowest BCUT2D eigenvalue weighted by atomic mass is 9.70. The quantitative estimate of drug-likeness (QED) is 0.181. The molecule has 0 saturated carbocycles. The molecule has 3 heterocycles. The van der Waals surface area contributed by atoms with Crippen molar-refractivity contribution in [2.24, 2.45) is 11.8 Å². The number of β-amino-alcohol motifs (C(OH)–C–C–N with tert-alkyl or cyclic N) is 1. The molecule has 2 bridgehead atoms. The third-order valence-electron chi connectivity index (χ3n) is 8.36. The SMILES string of the molecule is C=CCCC(=O)NC[C@@H](OC(=O)[C@@H]1[C@H]2O[C@@]3(CC2Br)[C@H](C(=O)N(CC=C)C(C)C)N(CCO)C(=O)[C@@H]13)c1ccccc1. The number of allylic oxidation sites excluding steroid dienone is 1. The predicted octanol–water partition coefficient (Wildman–Crippen LogP) is 2.52. The Bertz CT molecular complexity index is 1190. The van der Waals surface area contributed by atoms with Gasteiger partial charge in [-0.1, -0.05) is 58.4 Å². The average Bonchev–Trinajstić information content (AvgIpc) is 3.56. The first kappa shape index (κ1) is 31.9. The third kappa shape index (κ3) is 5.91. The summed E-state index contributed by atoms with van der Waals surface area (Å²) in [5.74, 6) is -3.50. The number of hydrogen-bond donors (Lipinski definition) is 2. The highest BCUT2D eigenvalue weighted by Crippen LogP contribution is 2.60. The molecule has 1 aromatic carbocycles. The van der Waals surface area contributed by atoms with Gasteiger partial charge in [-0.05, 0) is 32.3 Å². The van der Waals surface area contributed by atoms with Gasteiger partial charge in [0.25, 0.3) is 0 Å². The van der Waals surface area contributed by atoms with Gasteiger partial charge in [-0.25, -0.2) is 0 Å². The smallest absolute Gasteiger partial charge is 0.313 e. The molecule has 0 radical (unpaired) electrons. The van der Waals surface area contributed by atoms with E-state index in [-0.39, 0.29) is 55.3 Å². The van der Waals surface area contributed by atoms with Crippen LogP contribution in [0, 0.1) is 11.8 Å². The lowest BCUT2D eigenvalue weighted by Crippen LogP contribution is -2.58. The van der Waals surface area contributed by atoms with Crippen molar-refractivity contribution in [1.82, 2.24) is 15.1 Å². The number of esters is 1. The Morgan fingerprint density at radius 1 is 1.26 bits per heavy atom. The van der Waals surface area contributed by atoms with E-state index in [9.17, 15) is 24.3 Å². The van der Waals surface area contributed by atoms with Crippen molar-refractivity contribution in [3.05, 3.63) is 61.2 Å². The Morgan fingerprint density at radius 2 is 1.98 bits per heavy atom. The second-order valence-corrected chi connectivity index (χ2v) is 12.4. The van der Waals surface area contributed by atoms with Crippen LogP contribution in [0.1, 0.15) is 44.8 Å². The first-order valence-electron chi connectivity index (χ1n) is 14.4.